The summed E-state index contributed by atoms with van der Waals surface area (Å²) in [7, 11) is 0. The maximum absolute atomic E-state index is 10.7. The zero-order valence-corrected chi connectivity index (χ0v) is 14.2. The van der Waals surface area contributed by atoms with E-state index in [2.05, 4.69) is 40.5 Å². The van der Waals surface area contributed by atoms with Crippen LogP contribution in [0.15, 0.2) is 36.4 Å². The molecule has 0 aliphatic carbocycles. The van der Waals surface area contributed by atoms with Crippen molar-refractivity contribution < 1.29 is 5.11 Å². The Hall–Kier alpha value is -1.65. The molecule has 0 saturated carbocycles. The fourth-order valence-electron chi connectivity index (χ4n) is 4.27. The monoisotopic (exact) mass is 325 g/mol. The molecule has 128 valence electrons. The smallest absolute Gasteiger partial charge is 0.129 e. The summed E-state index contributed by atoms with van der Waals surface area (Å²) in [5, 5.41) is 15.3. The third-order valence-corrected chi connectivity index (χ3v) is 5.80. The molecule has 2 aliphatic rings. The van der Waals surface area contributed by atoms with Crippen LogP contribution < -0.4 is 10.2 Å². The first-order chi connectivity index (χ1) is 11.8. The number of aromatic nitrogens is 1. The number of rotatable bonds is 3. The van der Waals surface area contributed by atoms with Gasteiger partial charge in [0.15, 0.2) is 0 Å². The maximum Gasteiger partial charge on any atom is 0.129 e. The van der Waals surface area contributed by atoms with Gasteiger partial charge in [-0.3, -0.25) is 0 Å². The molecule has 3 heterocycles. The summed E-state index contributed by atoms with van der Waals surface area (Å²) in [6.07, 6.45) is 4.25. The molecular weight excluding hydrogens is 298 g/mol. The number of aliphatic hydroxyl groups is 1. The molecule has 2 aromatic rings. The number of nitrogens with zero attached hydrogens (tertiary/aromatic N) is 2. The van der Waals surface area contributed by atoms with Crippen molar-refractivity contribution in [3.63, 3.8) is 0 Å². The maximum atomic E-state index is 10.7. The number of hydrogen-bond acceptors (Lipinski definition) is 4. The largest absolute Gasteiger partial charge is 0.393 e. The Morgan fingerprint density at radius 2 is 1.67 bits per heavy atom. The van der Waals surface area contributed by atoms with Gasteiger partial charge >= 0.3 is 0 Å². The van der Waals surface area contributed by atoms with Gasteiger partial charge in [0, 0.05) is 18.5 Å². The summed E-state index contributed by atoms with van der Waals surface area (Å²) >= 11 is 0. The van der Waals surface area contributed by atoms with Crippen LogP contribution >= 0.6 is 0 Å². The molecule has 2 aliphatic heterocycles. The molecule has 2 N–H and O–H groups in total. The normalized spacial score (nSPS) is 22.0. The van der Waals surface area contributed by atoms with Crippen molar-refractivity contribution in [2.45, 2.75) is 31.8 Å². The molecule has 0 amide bonds. The van der Waals surface area contributed by atoms with E-state index >= 15 is 0 Å². The third kappa shape index (κ3) is 3.26. The van der Waals surface area contributed by atoms with Crippen LogP contribution in [0.25, 0.3) is 10.9 Å². The zero-order chi connectivity index (χ0) is 16.4. The number of anilines is 1. The van der Waals surface area contributed by atoms with E-state index < -0.39 is 0 Å². The number of fused-ring (bicyclic) bond motifs is 1. The van der Waals surface area contributed by atoms with Crippen LogP contribution in [-0.4, -0.2) is 42.4 Å². The van der Waals surface area contributed by atoms with Crippen molar-refractivity contribution in [2.75, 3.05) is 31.1 Å². The summed E-state index contributed by atoms with van der Waals surface area (Å²) in [5.74, 6) is 2.01. The lowest BCUT2D eigenvalue weighted by Gasteiger charge is -2.38. The number of aliphatic hydroxyl groups excluding tert-OH is 1. The van der Waals surface area contributed by atoms with Gasteiger partial charge in [0.25, 0.3) is 0 Å². The molecule has 0 bridgehead atoms. The molecule has 1 unspecified atom stereocenters. The Kier molecular flexibility index (Phi) is 4.67. The van der Waals surface area contributed by atoms with Crippen molar-refractivity contribution in [2.24, 2.45) is 11.8 Å². The number of piperidine rings is 2. The van der Waals surface area contributed by atoms with Crippen molar-refractivity contribution in [1.29, 1.82) is 0 Å². The number of hydrogen-bond donors (Lipinski definition) is 2. The van der Waals surface area contributed by atoms with E-state index in [1.165, 1.54) is 5.39 Å². The minimum absolute atomic E-state index is 0.126. The van der Waals surface area contributed by atoms with Crippen molar-refractivity contribution in [1.82, 2.24) is 10.3 Å². The van der Waals surface area contributed by atoms with Crippen LogP contribution in [-0.2, 0) is 0 Å². The SMILES string of the molecule is OC(C1CCNCC1)C1CCN(c2ccc3ccccc3n2)CC1. The van der Waals surface area contributed by atoms with E-state index in [1.807, 2.05) is 6.07 Å². The molecule has 1 aromatic heterocycles. The van der Waals surface area contributed by atoms with Gasteiger partial charge in [-0.05, 0) is 68.8 Å². The lowest BCUT2D eigenvalue weighted by atomic mass is 9.80. The summed E-state index contributed by atoms with van der Waals surface area (Å²) in [6, 6.07) is 12.6. The van der Waals surface area contributed by atoms with Crippen LogP contribution in [0.5, 0.6) is 0 Å². The molecule has 4 rings (SSSR count). The highest BCUT2D eigenvalue weighted by Crippen LogP contribution is 2.30. The number of benzene rings is 1. The van der Waals surface area contributed by atoms with Crippen molar-refractivity contribution in [3.8, 4) is 0 Å². The molecule has 4 nitrogen and oxygen atoms in total. The third-order valence-electron chi connectivity index (χ3n) is 5.80. The van der Waals surface area contributed by atoms with Gasteiger partial charge in [-0.15, -0.1) is 0 Å². The van der Waals surface area contributed by atoms with E-state index in [0.29, 0.717) is 11.8 Å². The van der Waals surface area contributed by atoms with E-state index in [0.717, 1.165) is 63.2 Å². The Bertz CT molecular complexity index is 675. The molecule has 1 aromatic carbocycles. The fraction of sp³-hybridized carbons (Fsp3) is 0.550. The second kappa shape index (κ2) is 7.08. The predicted molar refractivity (Wildman–Crippen MR) is 98.3 cm³/mol. The Labute approximate surface area is 143 Å². The fourth-order valence-corrected chi connectivity index (χ4v) is 4.27. The van der Waals surface area contributed by atoms with Crippen LogP contribution in [0.4, 0.5) is 5.82 Å². The van der Waals surface area contributed by atoms with Crippen LogP contribution in [0.3, 0.4) is 0 Å². The minimum Gasteiger partial charge on any atom is -0.393 e. The molecule has 1 atom stereocenters. The van der Waals surface area contributed by atoms with Crippen LogP contribution in [0.2, 0.25) is 0 Å². The summed E-state index contributed by atoms with van der Waals surface area (Å²) in [4.78, 5) is 7.19. The molecular formula is C20H27N3O. The van der Waals surface area contributed by atoms with Gasteiger partial charge in [0.2, 0.25) is 0 Å². The van der Waals surface area contributed by atoms with Gasteiger partial charge in [-0.1, -0.05) is 18.2 Å². The highest BCUT2D eigenvalue weighted by Gasteiger charge is 2.31. The van der Waals surface area contributed by atoms with Crippen LogP contribution in [0, 0.1) is 11.8 Å². The van der Waals surface area contributed by atoms with Crippen molar-refractivity contribution >= 4 is 16.7 Å². The average Bonchev–Trinajstić information content (AvgIpc) is 2.68. The Balaban J connectivity index is 1.39. The average molecular weight is 325 g/mol. The van der Waals surface area contributed by atoms with Gasteiger partial charge in [-0.25, -0.2) is 4.98 Å². The highest BCUT2D eigenvalue weighted by molar-refractivity contribution is 5.80. The van der Waals surface area contributed by atoms with Gasteiger partial charge < -0.3 is 15.3 Å². The topological polar surface area (TPSA) is 48.4 Å². The first-order valence-electron chi connectivity index (χ1n) is 9.31. The molecule has 2 fully saturated rings. The first-order valence-corrected chi connectivity index (χ1v) is 9.31. The second-order valence-electron chi connectivity index (χ2n) is 7.26. The van der Waals surface area contributed by atoms with E-state index in [9.17, 15) is 5.11 Å². The Morgan fingerprint density at radius 3 is 2.46 bits per heavy atom. The predicted octanol–water partition coefficient (Wildman–Crippen LogP) is 2.81. The Morgan fingerprint density at radius 1 is 0.958 bits per heavy atom. The van der Waals surface area contributed by atoms with Crippen LogP contribution in [0.1, 0.15) is 25.7 Å². The molecule has 4 heteroatoms. The number of para-hydroxylation sites is 1. The standard InChI is InChI=1S/C20H27N3O/c24-20(16-7-11-21-12-8-16)17-9-13-23(14-10-17)19-6-5-15-3-1-2-4-18(15)22-19/h1-6,16-17,20-21,24H,7-14H2. The molecule has 0 spiro atoms. The summed E-state index contributed by atoms with van der Waals surface area (Å²) < 4.78 is 0. The van der Waals surface area contributed by atoms with Gasteiger partial charge in [0.1, 0.15) is 5.82 Å². The quantitative estimate of drug-likeness (QED) is 0.911. The summed E-state index contributed by atoms with van der Waals surface area (Å²) in [5.41, 5.74) is 1.06. The number of pyridine rings is 1. The van der Waals surface area contributed by atoms with E-state index in [1.54, 1.807) is 0 Å². The molecule has 24 heavy (non-hydrogen) atoms. The first kappa shape index (κ1) is 15.9. The van der Waals surface area contributed by atoms with Gasteiger partial charge in [0.05, 0.1) is 11.6 Å². The second-order valence-corrected chi connectivity index (χ2v) is 7.26. The molecule has 2 saturated heterocycles. The van der Waals surface area contributed by atoms with Gasteiger partial charge in [-0.2, -0.15) is 0 Å². The highest BCUT2D eigenvalue weighted by atomic mass is 16.3. The molecule has 0 radical (unpaired) electrons. The minimum atomic E-state index is -0.126. The zero-order valence-electron chi connectivity index (χ0n) is 14.2. The van der Waals surface area contributed by atoms with E-state index in [4.69, 9.17) is 4.98 Å². The lowest BCUT2D eigenvalue weighted by Crippen LogP contribution is -2.43. The summed E-state index contributed by atoms with van der Waals surface area (Å²) in [6.45, 7) is 4.11. The van der Waals surface area contributed by atoms with E-state index in [-0.39, 0.29) is 6.10 Å². The van der Waals surface area contributed by atoms with Crippen molar-refractivity contribution in [3.05, 3.63) is 36.4 Å². The lowest BCUT2D eigenvalue weighted by molar-refractivity contribution is 0.0265. The number of nitrogens with one attached hydrogen (secondary N) is 1.